The molecule has 0 spiro atoms. The van der Waals surface area contributed by atoms with Crippen LogP contribution in [0.4, 0.5) is 0 Å². The van der Waals surface area contributed by atoms with Crippen LogP contribution in [0.1, 0.15) is 54.9 Å². The van der Waals surface area contributed by atoms with Crippen molar-refractivity contribution in [1.82, 2.24) is 14.9 Å². The number of aryl methyl sites for hydroxylation is 1. The summed E-state index contributed by atoms with van der Waals surface area (Å²) in [4.78, 5) is 13.7. The lowest BCUT2D eigenvalue weighted by Gasteiger charge is -2.32. The van der Waals surface area contributed by atoms with E-state index in [9.17, 15) is 0 Å². The zero-order valence-electron chi connectivity index (χ0n) is 16.1. The van der Waals surface area contributed by atoms with Gasteiger partial charge in [-0.2, -0.15) is 5.26 Å². The third kappa shape index (κ3) is 3.46. The molecular weight excluding hydrogens is 356 g/mol. The van der Waals surface area contributed by atoms with E-state index in [4.69, 9.17) is 10.00 Å². The molecule has 0 radical (unpaired) electrons. The lowest BCUT2D eigenvalue weighted by molar-refractivity contribution is 0.108. The molecule has 27 heavy (non-hydrogen) atoms. The van der Waals surface area contributed by atoms with Crippen LogP contribution in [0.25, 0.3) is 10.2 Å². The maximum atomic E-state index is 9.08. The molecule has 0 saturated heterocycles. The van der Waals surface area contributed by atoms with E-state index < -0.39 is 0 Å². The molecule has 2 aliphatic rings. The maximum absolute atomic E-state index is 9.08. The molecule has 0 amide bonds. The topological polar surface area (TPSA) is 62.0 Å². The van der Waals surface area contributed by atoms with Crippen LogP contribution in [-0.4, -0.2) is 41.1 Å². The van der Waals surface area contributed by atoms with E-state index in [1.807, 2.05) is 0 Å². The van der Waals surface area contributed by atoms with Gasteiger partial charge in [-0.3, -0.25) is 0 Å². The van der Waals surface area contributed by atoms with Crippen molar-refractivity contribution in [3.05, 3.63) is 28.9 Å². The zero-order chi connectivity index (χ0) is 19.0. The van der Waals surface area contributed by atoms with Crippen molar-refractivity contribution in [2.24, 2.45) is 0 Å². The van der Waals surface area contributed by atoms with Gasteiger partial charge in [0, 0.05) is 16.8 Å². The summed E-state index contributed by atoms with van der Waals surface area (Å²) in [6, 6.07) is 2.90. The Kier molecular flexibility index (Phi) is 5.16. The number of ether oxygens (including phenoxy) is 1. The summed E-state index contributed by atoms with van der Waals surface area (Å²) in [5.41, 5.74) is 2.27. The van der Waals surface area contributed by atoms with Crippen LogP contribution in [-0.2, 0) is 6.42 Å². The molecule has 1 unspecified atom stereocenters. The molecule has 1 saturated carbocycles. The number of hydrogen-bond acceptors (Lipinski definition) is 6. The fourth-order valence-electron chi connectivity index (χ4n) is 4.51. The van der Waals surface area contributed by atoms with E-state index in [1.54, 1.807) is 17.7 Å². The summed E-state index contributed by atoms with van der Waals surface area (Å²) in [6.07, 6.45) is 8.74. The first kappa shape index (κ1) is 18.4. The summed E-state index contributed by atoms with van der Waals surface area (Å²) >= 11 is 1.74. The Bertz CT molecular complexity index is 889. The Hall–Kier alpha value is -1.97. The molecule has 142 valence electrons. The van der Waals surface area contributed by atoms with Crippen LogP contribution in [0.5, 0.6) is 5.88 Å². The molecule has 1 atom stereocenters. The van der Waals surface area contributed by atoms with Crippen LogP contribution < -0.4 is 4.74 Å². The van der Waals surface area contributed by atoms with Crippen LogP contribution in [0.2, 0.25) is 0 Å². The minimum Gasteiger partial charge on any atom is -0.474 e. The summed E-state index contributed by atoms with van der Waals surface area (Å²) in [6.45, 7) is 4.18. The lowest BCUT2D eigenvalue weighted by Crippen LogP contribution is -2.35. The van der Waals surface area contributed by atoms with Gasteiger partial charge in [-0.15, -0.1) is 11.3 Å². The van der Waals surface area contributed by atoms with Crippen molar-refractivity contribution in [1.29, 1.82) is 5.26 Å². The second-order valence-corrected chi connectivity index (χ2v) is 8.98. The number of thiophene rings is 1. The highest BCUT2D eigenvalue weighted by Gasteiger charge is 2.32. The third-order valence-electron chi connectivity index (χ3n) is 6.03. The van der Waals surface area contributed by atoms with Gasteiger partial charge in [-0.25, -0.2) is 9.97 Å². The highest BCUT2D eigenvalue weighted by molar-refractivity contribution is 7.19. The number of allylic oxidation sites excluding steroid dienone is 1. The van der Waals surface area contributed by atoms with E-state index >= 15 is 0 Å². The van der Waals surface area contributed by atoms with Gasteiger partial charge in [-0.05, 0) is 58.2 Å². The molecule has 0 aromatic carbocycles. The minimum atomic E-state index is 0.219. The fourth-order valence-corrected chi connectivity index (χ4v) is 5.71. The third-order valence-corrected chi connectivity index (χ3v) is 7.20. The van der Waals surface area contributed by atoms with Crippen molar-refractivity contribution in [2.75, 3.05) is 14.1 Å². The quantitative estimate of drug-likeness (QED) is 0.715. The molecule has 2 aliphatic carbocycles. The molecule has 0 bridgehead atoms. The summed E-state index contributed by atoms with van der Waals surface area (Å²) in [7, 11) is 4.31. The second kappa shape index (κ2) is 7.57. The first-order chi connectivity index (χ1) is 13.1. The normalized spacial score (nSPS) is 24.7. The van der Waals surface area contributed by atoms with E-state index in [0.717, 1.165) is 60.2 Å². The van der Waals surface area contributed by atoms with E-state index in [-0.39, 0.29) is 12.0 Å². The maximum Gasteiger partial charge on any atom is 0.225 e. The molecule has 0 N–H and O–H groups in total. The highest BCUT2D eigenvalue weighted by atomic mass is 32.1. The monoisotopic (exact) mass is 382 g/mol. The summed E-state index contributed by atoms with van der Waals surface area (Å²) in [5, 5.41) is 10.1. The predicted molar refractivity (Wildman–Crippen MR) is 108 cm³/mol. The average molecular weight is 383 g/mol. The van der Waals surface area contributed by atoms with Gasteiger partial charge in [0.05, 0.1) is 17.9 Å². The predicted octanol–water partition coefficient (Wildman–Crippen LogP) is 4.44. The SMILES string of the molecule is C=C(CC#N)C1CCc2sc3ncnc(OC4CCC(N(C)C)CC4)c3c21. The smallest absolute Gasteiger partial charge is 0.225 e. The lowest BCUT2D eigenvalue weighted by atomic mass is 9.91. The Balaban J connectivity index is 1.61. The van der Waals surface area contributed by atoms with Crippen molar-refractivity contribution in [3.8, 4) is 11.9 Å². The largest absolute Gasteiger partial charge is 0.474 e. The minimum absolute atomic E-state index is 0.219. The van der Waals surface area contributed by atoms with E-state index in [0.29, 0.717) is 12.5 Å². The van der Waals surface area contributed by atoms with E-state index in [1.165, 1.54) is 10.4 Å². The molecule has 6 heteroatoms. The molecule has 2 heterocycles. The standard InChI is InChI=1S/C21H26N4OS/c1-13(10-11-22)16-8-9-17-18(16)19-20(23-12-24-21(19)27-17)26-15-6-4-14(5-7-15)25(2)3/h12,14-16H,1,4-10H2,2-3H3. The molecule has 2 aromatic rings. The van der Waals surface area contributed by atoms with Gasteiger partial charge < -0.3 is 9.64 Å². The molecule has 4 rings (SSSR count). The van der Waals surface area contributed by atoms with Crippen LogP contribution in [0.15, 0.2) is 18.5 Å². The molecule has 0 aliphatic heterocycles. The van der Waals surface area contributed by atoms with Crippen molar-refractivity contribution in [2.45, 2.75) is 63.0 Å². The number of fused-ring (bicyclic) bond motifs is 3. The van der Waals surface area contributed by atoms with Gasteiger partial charge in [0.2, 0.25) is 5.88 Å². The Morgan fingerprint density at radius 2 is 2.07 bits per heavy atom. The molecule has 5 nitrogen and oxygen atoms in total. The number of nitrogens with zero attached hydrogens (tertiary/aromatic N) is 4. The Morgan fingerprint density at radius 3 is 2.78 bits per heavy atom. The average Bonchev–Trinajstić information content (AvgIpc) is 3.21. The van der Waals surface area contributed by atoms with Gasteiger partial charge in [0.15, 0.2) is 0 Å². The highest BCUT2D eigenvalue weighted by Crippen LogP contribution is 2.49. The molecule has 1 fully saturated rings. The van der Waals surface area contributed by atoms with Gasteiger partial charge in [0.1, 0.15) is 17.3 Å². The first-order valence-electron chi connectivity index (χ1n) is 9.72. The van der Waals surface area contributed by atoms with Crippen molar-refractivity contribution >= 4 is 21.6 Å². The summed E-state index contributed by atoms with van der Waals surface area (Å²) < 4.78 is 6.41. The number of nitriles is 1. The van der Waals surface area contributed by atoms with E-state index in [2.05, 4.69) is 41.6 Å². The first-order valence-corrected chi connectivity index (χ1v) is 10.5. The van der Waals surface area contributed by atoms with Gasteiger partial charge in [-0.1, -0.05) is 12.2 Å². The zero-order valence-corrected chi connectivity index (χ0v) is 16.9. The van der Waals surface area contributed by atoms with Gasteiger partial charge >= 0.3 is 0 Å². The fraction of sp³-hybridized carbons (Fsp3) is 0.571. The molecular formula is C21H26N4OS. The Labute approximate surface area is 164 Å². The van der Waals surface area contributed by atoms with Crippen LogP contribution >= 0.6 is 11.3 Å². The Morgan fingerprint density at radius 1 is 1.30 bits per heavy atom. The van der Waals surface area contributed by atoms with Gasteiger partial charge in [0.25, 0.3) is 0 Å². The molecule has 2 aromatic heterocycles. The number of aromatic nitrogens is 2. The second-order valence-electron chi connectivity index (χ2n) is 7.89. The summed E-state index contributed by atoms with van der Waals surface area (Å²) in [5.74, 6) is 0.952. The van der Waals surface area contributed by atoms with Crippen molar-refractivity contribution in [3.63, 3.8) is 0 Å². The van der Waals surface area contributed by atoms with Crippen LogP contribution in [0.3, 0.4) is 0 Å². The van der Waals surface area contributed by atoms with Crippen molar-refractivity contribution < 1.29 is 4.74 Å². The number of rotatable bonds is 5. The van der Waals surface area contributed by atoms with Crippen LogP contribution in [0, 0.1) is 11.3 Å². The number of hydrogen-bond donors (Lipinski definition) is 0.